The normalized spacial score (nSPS) is 46.1. The molecule has 94 valence electrons. The Hall–Kier alpha value is -0.0800. The van der Waals surface area contributed by atoms with E-state index < -0.39 is 5.60 Å². The van der Waals surface area contributed by atoms with Crippen LogP contribution in [-0.4, -0.2) is 16.2 Å². The average Bonchev–Trinajstić information content (AvgIpc) is 1.96. The van der Waals surface area contributed by atoms with E-state index in [1.54, 1.807) is 0 Å². The molecular formula is C14H27NO. The van der Waals surface area contributed by atoms with Gasteiger partial charge in [-0.2, -0.15) is 0 Å². The highest BCUT2D eigenvalue weighted by Crippen LogP contribution is 2.56. The molecule has 0 aromatic rings. The van der Waals surface area contributed by atoms with Crippen molar-refractivity contribution in [3.8, 4) is 0 Å². The molecule has 2 atom stereocenters. The third-order valence-corrected chi connectivity index (χ3v) is 4.70. The van der Waals surface area contributed by atoms with Crippen molar-refractivity contribution < 1.29 is 5.11 Å². The third kappa shape index (κ3) is 1.91. The van der Waals surface area contributed by atoms with Gasteiger partial charge in [-0.1, -0.05) is 27.7 Å². The summed E-state index contributed by atoms with van der Waals surface area (Å²) >= 11 is 0. The first-order valence-corrected chi connectivity index (χ1v) is 6.67. The van der Waals surface area contributed by atoms with Gasteiger partial charge in [0.15, 0.2) is 0 Å². The molecule has 2 nitrogen and oxygen atoms in total. The van der Waals surface area contributed by atoms with Gasteiger partial charge in [0.1, 0.15) is 0 Å². The monoisotopic (exact) mass is 225 g/mol. The van der Waals surface area contributed by atoms with Crippen LogP contribution in [0.25, 0.3) is 0 Å². The van der Waals surface area contributed by atoms with Crippen molar-refractivity contribution in [3.05, 3.63) is 0 Å². The van der Waals surface area contributed by atoms with E-state index in [9.17, 15) is 5.11 Å². The third-order valence-electron chi connectivity index (χ3n) is 4.70. The van der Waals surface area contributed by atoms with Gasteiger partial charge in [-0.15, -0.1) is 0 Å². The lowest BCUT2D eigenvalue weighted by atomic mass is 9.50. The lowest BCUT2D eigenvalue weighted by Gasteiger charge is -2.60. The van der Waals surface area contributed by atoms with Crippen molar-refractivity contribution in [2.24, 2.45) is 23.0 Å². The second-order valence-electron chi connectivity index (χ2n) is 7.56. The Morgan fingerprint density at radius 3 is 1.88 bits per heavy atom. The van der Waals surface area contributed by atoms with Crippen molar-refractivity contribution in [2.45, 2.75) is 70.9 Å². The van der Waals surface area contributed by atoms with Crippen LogP contribution >= 0.6 is 0 Å². The molecule has 2 rings (SSSR count). The van der Waals surface area contributed by atoms with E-state index in [-0.39, 0.29) is 11.0 Å². The quantitative estimate of drug-likeness (QED) is 0.720. The summed E-state index contributed by atoms with van der Waals surface area (Å²) in [5.41, 5.74) is 5.90. The van der Waals surface area contributed by atoms with E-state index in [4.69, 9.17) is 5.73 Å². The highest BCUT2D eigenvalue weighted by atomic mass is 16.3. The van der Waals surface area contributed by atoms with Gasteiger partial charge >= 0.3 is 0 Å². The Morgan fingerprint density at radius 2 is 1.50 bits per heavy atom. The Labute approximate surface area is 99.6 Å². The summed E-state index contributed by atoms with van der Waals surface area (Å²) in [6, 6.07) is 0. The molecule has 2 unspecified atom stereocenters. The number of hydrogen-bond donors (Lipinski definition) is 2. The smallest absolute Gasteiger partial charge is 0.0836 e. The first kappa shape index (κ1) is 12.4. The van der Waals surface area contributed by atoms with Gasteiger partial charge in [-0.3, -0.25) is 0 Å². The molecule has 0 heterocycles. The Kier molecular flexibility index (Phi) is 2.67. The maximum Gasteiger partial charge on any atom is 0.0836 e. The van der Waals surface area contributed by atoms with E-state index >= 15 is 0 Å². The molecule has 2 aliphatic carbocycles. The molecule has 2 saturated carbocycles. The second kappa shape index (κ2) is 3.46. The Morgan fingerprint density at radius 1 is 1.06 bits per heavy atom. The van der Waals surface area contributed by atoms with Crippen LogP contribution in [0.1, 0.15) is 59.8 Å². The van der Waals surface area contributed by atoms with E-state index in [0.29, 0.717) is 11.8 Å². The van der Waals surface area contributed by atoms with Crippen molar-refractivity contribution in [2.75, 3.05) is 0 Å². The molecule has 0 radical (unpaired) electrons. The average molecular weight is 225 g/mol. The summed E-state index contributed by atoms with van der Waals surface area (Å²) in [5, 5.41) is 10.7. The topological polar surface area (TPSA) is 46.2 Å². The summed E-state index contributed by atoms with van der Waals surface area (Å²) in [5.74, 6) is 1.31. The zero-order chi connectivity index (χ0) is 12.2. The maximum absolute atomic E-state index is 10.7. The number of nitrogens with two attached hydrogens (primary N) is 1. The van der Waals surface area contributed by atoms with Crippen LogP contribution in [0.2, 0.25) is 0 Å². The number of hydrogen-bond acceptors (Lipinski definition) is 2. The van der Waals surface area contributed by atoms with E-state index in [2.05, 4.69) is 27.7 Å². The summed E-state index contributed by atoms with van der Waals surface area (Å²) in [4.78, 5) is 0. The molecule has 0 saturated heterocycles. The fourth-order valence-electron chi connectivity index (χ4n) is 4.44. The van der Waals surface area contributed by atoms with Gasteiger partial charge in [0.05, 0.1) is 5.60 Å². The molecule has 2 aliphatic rings. The second-order valence-corrected chi connectivity index (χ2v) is 7.56. The highest BCUT2D eigenvalue weighted by Gasteiger charge is 2.59. The standard InChI is InChI=1S/C14H27NO/c1-10-5-11(2)7-13(15,6-10)14(16)8-12(3,4)9-14/h10-11,16H,5-9,15H2,1-4H3. The number of aliphatic hydroxyl groups is 1. The van der Waals surface area contributed by atoms with Crippen molar-refractivity contribution in [1.82, 2.24) is 0 Å². The number of rotatable bonds is 1. The van der Waals surface area contributed by atoms with Crippen LogP contribution in [0, 0.1) is 17.3 Å². The molecule has 0 spiro atoms. The van der Waals surface area contributed by atoms with Gasteiger partial charge in [0.2, 0.25) is 0 Å². The van der Waals surface area contributed by atoms with Crippen LogP contribution in [0.5, 0.6) is 0 Å². The molecule has 0 bridgehead atoms. The van der Waals surface area contributed by atoms with Gasteiger partial charge in [-0.25, -0.2) is 0 Å². The molecule has 0 aromatic heterocycles. The van der Waals surface area contributed by atoms with Gasteiger partial charge in [0.25, 0.3) is 0 Å². The zero-order valence-corrected chi connectivity index (χ0v) is 11.2. The molecule has 16 heavy (non-hydrogen) atoms. The van der Waals surface area contributed by atoms with Crippen LogP contribution < -0.4 is 5.73 Å². The molecular weight excluding hydrogens is 198 g/mol. The fourth-order valence-corrected chi connectivity index (χ4v) is 4.44. The minimum absolute atomic E-state index is 0.283. The van der Waals surface area contributed by atoms with Gasteiger partial charge < -0.3 is 10.8 Å². The first-order valence-electron chi connectivity index (χ1n) is 6.67. The maximum atomic E-state index is 10.7. The Bertz CT molecular complexity index is 266. The lowest BCUT2D eigenvalue weighted by Crippen LogP contribution is -2.70. The first-order chi connectivity index (χ1) is 7.16. The van der Waals surface area contributed by atoms with Crippen LogP contribution in [0.4, 0.5) is 0 Å². The molecule has 2 heteroatoms. The van der Waals surface area contributed by atoms with Crippen molar-refractivity contribution >= 4 is 0 Å². The molecule has 0 aliphatic heterocycles. The highest BCUT2D eigenvalue weighted by molar-refractivity contribution is 5.15. The van der Waals surface area contributed by atoms with E-state index in [1.165, 1.54) is 6.42 Å². The van der Waals surface area contributed by atoms with Crippen LogP contribution in [0.15, 0.2) is 0 Å². The lowest BCUT2D eigenvalue weighted by molar-refractivity contribution is -0.176. The predicted octanol–water partition coefficient (Wildman–Crippen LogP) is 2.69. The zero-order valence-electron chi connectivity index (χ0n) is 11.2. The SMILES string of the molecule is CC1CC(C)CC(N)(C2(O)CC(C)(C)C2)C1. The predicted molar refractivity (Wildman–Crippen MR) is 67.1 cm³/mol. The van der Waals surface area contributed by atoms with E-state index in [1.807, 2.05) is 0 Å². The van der Waals surface area contributed by atoms with Gasteiger partial charge in [-0.05, 0) is 49.4 Å². The van der Waals surface area contributed by atoms with Crippen LogP contribution in [-0.2, 0) is 0 Å². The largest absolute Gasteiger partial charge is 0.388 e. The summed E-state index contributed by atoms with van der Waals surface area (Å²) in [6.07, 6.45) is 4.98. The fraction of sp³-hybridized carbons (Fsp3) is 1.00. The molecule has 2 fully saturated rings. The van der Waals surface area contributed by atoms with Gasteiger partial charge in [0, 0.05) is 5.54 Å². The molecule has 3 N–H and O–H groups in total. The minimum atomic E-state index is -0.598. The minimum Gasteiger partial charge on any atom is -0.388 e. The van der Waals surface area contributed by atoms with Crippen molar-refractivity contribution in [3.63, 3.8) is 0 Å². The molecule has 0 amide bonds. The van der Waals surface area contributed by atoms with Crippen molar-refractivity contribution in [1.29, 1.82) is 0 Å². The van der Waals surface area contributed by atoms with Crippen LogP contribution in [0.3, 0.4) is 0 Å². The summed E-state index contributed by atoms with van der Waals surface area (Å²) in [6.45, 7) is 8.98. The summed E-state index contributed by atoms with van der Waals surface area (Å²) in [7, 11) is 0. The van der Waals surface area contributed by atoms with E-state index in [0.717, 1.165) is 25.7 Å². The summed E-state index contributed by atoms with van der Waals surface area (Å²) < 4.78 is 0. The molecule has 0 aromatic carbocycles. The Balaban J connectivity index is 2.13.